The van der Waals surface area contributed by atoms with Gasteiger partial charge in [-0.3, -0.25) is 4.79 Å². The van der Waals surface area contributed by atoms with Crippen molar-refractivity contribution in [2.24, 2.45) is 0 Å². The smallest absolute Gasteiger partial charge is 0.261 e. The molecule has 150 valence electrons. The zero-order valence-electron chi connectivity index (χ0n) is 15.6. The number of hydrogen-bond acceptors (Lipinski definition) is 4. The predicted molar refractivity (Wildman–Crippen MR) is 113 cm³/mol. The fourth-order valence-electron chi connectivity index (χ4n) is 4.39. The van der Waals surface area contributed by atoms with Crippen LogP contribution >= 0.6 is 15.9 Å². The summed E-state index contributed by atoms with van der Waals surface area (Å²) in [6, 6.07) is 11.7. The first-order valence-corrected chi connectivity index (χ1v) is 12.4. The Labute approximate surface area is 174 Å². The van der Waals surface area contributed by atoms with Gasteiger partial charge in [0, 0.05) is 16.6 Å². The average molecular weight is 466 g/mol. The van der Waals surface area contributed by atoms with E-state index in [2.05, 4.69) is 15.9 Å². The second-order valence-electron chi connectivity index (χ2n) is 7.74. The van der Waals surface area contributed by atoms with Gasteiger partial charge in [-0.25, -0.2) is 8.42 Å². The summed E-state index contributed by atoms with van der Waals surface area (Å²) in [5, 5.41) is 2.14. The van der Waals surface area contributed by atoms with Crippen molar-refractivity contribution < 1.29 is 17.9 Å². The van der Waals surface area contributed by atoms with Crippen LogP contribution < -0.4 is 4.74 Å². The van der Waals surface area contributed by atoms with Crippen molar-refractivity contribution in [2.45, 2.75) is 44.2 Å². The summed E-state index contributed by atoms with van der Waals surface area (Å²) < 4.78 is 30.7. The number of rotatable bonds is 5. The van der Waals surface area contributed by atoms with Crippen LogP contribution in [-0.2, 0) is 14.6 Å². The van der Waals surface area contributed by atoms with Crippen LogP contribution in [-0.4, -0.2) is 49.4 Å². The van der Waals surface area contributed by atoms with Gasteiger partial charge in [-0.2, -0.15) is 0 Å². The number of fused-ring (bicyclic) bond motifs is 1. The molecule has 0 radical (unpaired) electrons. The minimum Gasteiger partial charge on any atom is -0.484 e. The van der Waals surface area contributed by atoms with E-state index in [0.29, 0.717) is 12.2 Å². The Kier molecular flexibility index (Phi) is 5.65. The van der Waals surface area contributed by atoms with Crippen molar-refractivity contribution in [3.05, 3.63) is 40.9 Å². The molecule has 0 unspecified atom stereocenters. The summed E-state index contributed by atoms with van der Waals surface area (Å²) in [4.78, 5) is 14.8. The molecule has 2 aromatic rings. The van der Waals surface area contributed by atoms with Crippen LogP contribution in [0.3, 0.4) is 0 Å². The van der Waals surface area contributed by atoms with Crippen molar-refractivity contribution >= 4 is 42.4 Å². The SMILES string of the molecule is O=C(COc1ccc2cc(Br)ccc2c1)N(C1CCCC1)[C@H]1CCS(=O)(=O)C1. The Morgan fingerprint density at radius 3 is 2.46 bits per heavy atom. The van der Waals surface area contributed by atoms with Gasteiger partial charge in [0.1, 0.15) is 5.75 Å². The van der Waals surface area contributed by atoms with Crippen LogP contribution in [0.25, 0.3) is 10.8 Å². The lowest BCUT2D eigenvalue weighted by Crippen LogP contribution is -2.48. The summed E-state index contributed by atoms with van der Waals surface area (Å²) in [6.07, 6.45) is 4.62. The van der Waals surface area contributed by atoms with Gasteiger partial charge >= 0.3 is 0 Å². The summed E-state index contributed by atoms with van der Waals surface area (Å²) in [5.74, 6) is 0.800. The van der Waals surface area contributed by atoms with Crippen LogP contribution in [0.2, 0.25) is 0 Å². The number of carbonyl (C=O) groups is 1. The highest BCUT2D eigenvalue weighted by Crippen LogP contribution is 2.30. The maximum atomic E-state index is 13.0. The van der Waals surface area contributed by atoms with Gasteiger partial charge in [0.05, 0.1) is 11.5 Å². The zero-order chi connectivity index (χ0) is 19.7. The van der Waals surface area contributed by atoms with E-state index in [1.54, 1.807) is 0 Å². The summed E-state index contributed by atoms with van der Waals surface area (Å²) in [6.45, 7) is -0.0604. The normalized spacial score (nSPS) is 21.8. The molecule has 1 aliphatic heterocycles. The topological polar surface area (TPSA) is 63.7 Å². The molecular formula is C21H24BrNO4S. The van der Waals surface area contributed by atoms with Gasteiger partial charge in [-0.1, -0.05) is 40.9 Å². The highest BCUT2D eigenvalue weighted by molar-refractivity contribution is 9.10. The van der Waals surface area contributed by atoms with Crippen LogP contribution in [0.4, 0.5) is 0 Å². The van der Waals surface area contributed by atoms with E-state index < -0.39 is 9.84 Å². The maximum Gasteiger partial charge on any atom is 0.261 e. The van der Waals surface area contributed by atoms with Crippen LogP contribution in [0, 0.1) is 0 Å². The standard InChI is InChI=1S/C21H24BrNO4S/c22-17-7-5-16-12-20(8-6-15(16)11-17)27-13-21(24)23(18-3-1-2-4-18)19-9-10-28(25,26)14-19/h5-8,11-12,18-19H,1-4,9-10,13-14H2/t19-/m0/s1. The Morgan fingerprint density at radius 2 is 1.75 bits per heavy atom. The highest BCUT2D eigenvalue weighted by atomic mass is 79.9. The van der Waals surface area contributed by atoms with Gasteiger partial charge in [0.15, 0.2) is 16.4 Å². The highest BCUT2D eigenvalue weighted by Gasteiger charge is 2.39. The maximum absolute atomic E-state index is 13.0. The third kappa shape index (κ3) is 4.35. The van der Waals surface area contributed by atoms with Crippen molar-refractivity contribution in [2.75, 3.05) is 18.1 Å². The number of nitrogens with zero attached hydrogens (tertiary/aromatic N) is 1. The number of benzene rings is 2. The van der Waals surface area contributed by atoms with Crippen LogP contribution in [0.5, 0.6) is 5.75 Å². The Bertz CT molecular complexity index is 985. The molecule has 2 fully saturated rings. The lowest BCUT2D eigenvalue weighted by Gasteiger charge is -2.34. The fraction of sp³-hybridized carbons (Fsp3) is 0.476. The molecule has 28 heavy (non-hydrogen) atoms. The van der Waals surface area contributed by atoms with E-state index in [1.807, 2.05) is 41.3 Å². The quantitative estimate of drug-likeness (QED) is 0.670. The number of halogens is 1. The molecule has 1 heterocycles. The summed E-state index contributed by atoms with van der Waals surface area (Å²) in [7, 11) is -3.04. The van der Waals surface area contributed by atoms with E-state index >= 15 is 0 Å². The van der Waals surface area contributed by atoms with Gasteiger partial charge in [0.25, 0.3) is 5.91 Å². The molecule has 2 aliphatic rings. The van der Waals surface area contributed by atoms with Crippen molar-refractivity contribution in [1.29, 1.82) is 0 Å². The molecule has 0 aromatic heterocycles. The number of hydrogen-bond donors (Lipinski definition) is 0. The number of sulfone groups is 1. The lowest BCUT2D eigenvalue weighted by atomic mass is 10.1. The molecule has 1 saturated heterocycles. The van der Waals surface area contributed by atoms with Gasteiger partial charge < -0.3 is 9.64 Å². The Morgan fingerprint density at radius 1 is 1.04 bits per heavy atom. The zero-order valence-corrected chi connectivity index (χ0v) is 18.0. The Hall–Kier alpha value is -1.60. The third-order valence-electron chi connectivity index (χ3n) is 5.74. The van der Waals surface area contributed by atoms with Crippen molar-refractivity contribution in [1.82, 2.24) is 4.90 Å². The second-order valence-corrected chi connectivity index (χ2v) is 10.9. The molecule has 4 rings (SSSR count). The molecule has 1 aliphatic carbocycles. The number of carbonyl (C=O) groups excluding carboxylic acids is 1. The van der Waals surface area contributed by atoms with E-state index in [0.717, 1.165) is 40.9 Å². The minimum atomic E-state index is -3.04. The first-order chi connectivity index (χ1) is 13.4. The van der Waals surface area contributed by atoms with Crippen LogP contribution in [0.1, 0.15) is 32.1 Å². The molecule has 0 N–H and O–H groups in total. The first-order valence-electron chi connectivity index (χ1n) is 9.75. The number of amides is 1. The molecule has 0 bridgehead atoms. The van der Waals surface area contributed by atoms with Crippen molar-refractivity contribution in [3.8, 4) is 5.75 Å². The minimum absolute atomic E-state index is 0.0604. The molecule has 2 aromatic carbocycles. The molecule has 1 atom stereocenters. The van der Waals surface area contributed by atoms with Crippen LogP contribution in [0.15, 0.2) is 40.9 Å². The van der Waals surface area contributed by atoms with E-state index in [1.165, 1.54) is 0 Å². The van der Waals surface area contributed by atoms with E-state index in [4.69, 9.17) is 4.74 Å². The van der Waals surface area contributed by atoms with Crippen molar-refractivity contribution in [3.63, 3.8) is 0 Å². The van der Waals surface area contributed by atoms with Gasteiger partial charge in [0.2, 0.25) is 0 Å². The molecule has 5 nitrogen and oxygen atoms in total. The summed E-state index contributed by atoms with van der Waals surface area (Å²) in [5.41, 5.74) is 0. The van der Waals surface area contributed by atoms with Gasteiger partial charge in [-0.15, -0.1) is 0 Å². The Balaban J connectivity index is 1.47. The largest absolute Gasteiger partial charge is 0.484 e. The molecule has 1 amide bonds. The molecule has 7 heteroatoms. The average Bonchev–Trinajstić information content (AvgIpc) is 3.30. The third-order valence-corrected chi connectivity index (χ3v) is 7.99. The van der Waals surface area contributed by atoms with E-state index in [9.17, 15) is 13.2 Å². The molecule has 1 saturated carbocycles. The second kappa shape index (κ2) is 8.03. The molecule has 0 spiro atoms. The molecular weight excluding hydrogens is 442 g/mol. The lowest BCUT2D eigenvalue weighted by molar-refractivity contribution is -0.137. The van der Waals surface area contributed by atoms with Gasteiger partial charge in [-0.05, 0) is 54.3 Å². The first kappa shape index (κ1) is 19.7. The monoisotopic (exact) mass is 465 g/mol. The predicted octanol–water partition coefficient (Wildman–Crippen LogP) is 3.94. The van der Waals surface area contributed by atoms with E-state index in [-0.39, 0.29) is 36.1 Å². The summed E-state index contributed by atoms with van der Waals surface area (Å²) >= 11 is 3.46. The fourth-order valence-corrected chi connectivity index (χ4v) is 6.48. The number of ether oxygens (including phenoxy) is 1.